The van der Waals surface area contributed by atoms with Crippen LogP contribution >= 0.6 is 0 Å². The van der Waals surface area contributed by atoms with E-state index >= 15 is 0 Å². The Kier molecular flexibility index (Phi) is 1.87. The van der Waals surface area contributed by atoms with Crippen LogP contribution in [0.5, 0.6) is 0 Å². The summed E-state index contributed by atoms with van der Waals surface area (Å²) in [5.41, 5.74) is 0. The number of piperidine rings is 1. The van der Waals surface area contributed by atoms with Crippen molar-refractivity contribution in [2.24, 2.45) is 17.8 Å². The highest BCUT2D eigenvalue weighted by Gasteiger charge is 2.43. The molecule has 0 spiro atoms. The highest BCUT2D eigenvalue weighted by atomic mass is 16.3. The molecule has 0 radical (unpaired) electrons. The maximum Gasteiger partial charge on any atom is 0.0633 e. The van der Waals surface area contributed by atoms with Crippen LogP contribution < -0.4 is 5.32 Å². The predicted octanol–water partition coefficient (Wildman–Crippen LogP) is -0.805. The molecular formula is C8H15NO2. The summed E-state index contributed by atoms with van der Waals surface area (Å²) in [6.45, 7) is 2.04. The van der Waals surface area contributed by atoms with Gasteiger partial charge in [-0.2, -0.15) is 0 Å². The second-order valence-corrected chi connectivity index (χ2v) is 3.75. The third-order valence-electron chi connectivity index (χ3n) is 3.16. The molecule has 11 heavy (non-hydrogen) atoms. The quantitative estimate of drug-likeness (QED) is 0.467. The zero-order valence-electron chi connectivity index (χ0n) is 6.53. The maximum absolute atomic E-state index is 9.66. The summed E-state index contributed by atoms with van der Waals surface area (Å²) in [7, 11) is 0. The second kappa shape index (κ2) is 2.73. The summed E-state index contributed by atoms with van der Waals surface area (Å²) in [5.74, 6) is 1.04. The molecule has 2 rings (SSSR count). The van der Waals surface area contributed by atoms with Gasteiger partial charge in [-0.1, -0.05) is 0 Å². The average molecular weight is 157 g/mol. The van der Waals surface area contributed by atoms with E-state index in [0.717, 1.165) is 19.5 Å². The van der Waals surface area contributed by atoms with Crippen molar-refractivity contribution in [3.8, 4) is 0 Å². The van der Waals surface area contributed by atoms with E-state index in [2.05, 4.69) is 5.32 Å². The molecule has 1 heterocycles. The van der Waals surface area contributed by atoms with Crippen molar-refractivity contribution < 1.29 is 10.2 Å². The first-order valence-corrected chi connectivity index (χ1v) is 4.32. The Balaban J connectivity index is 2.10. The van der Waals surface area contributed by atoms with Gasteiger partial charge in [0.25, 0.3) is 0 Å². The van der Waals surface area contributed by atoms with Gasteiger partial charge in [0.1, 0.15) is 0 Å². The third kappa shape index (κ3) is 1.08. The zero-order valence-corrected chi connectivity index (χ0v) is 6.53. The van der Waals surface area contributed by atoms with E-state index in [1.54, 1.807) is 0 Å². The lowest BCUT2D eigenvalue weighted by atomic mass is 9.96. The molecule has 1 aliphatic heterocycles. The second-order valence-electron chi connectivity index (χ2n) is 3.75. The average Bonchev–Trinajstić information content (AvgIpc) is 2.25. The van der Waals surface area contributed by atoms with E-state index in [1.807, 2.05) is 0 Å². The fourth-order valence-corrected chi connectivity index (χ4v) is 2.48. The Morgan fingerprint density at radius 3 is 2.64 bits per heavy atom. The summed E-state index contributed by atoms with van der Waals surface area (Å²) < 4.78 is 0. The maximum atomic E-state index is 9.66. The molecule has 1 aliphatic carbocycles. The highest BCUT2D eigenvalue weighted by Crippen LogP contribution is 2.38. The van der Waals surface area contributed by atoms with E-state index < -0.39 is 0 Å². The molecule has 4 atom stereocenters. The van der Waals surface area contributed by atoms with E-state index in [1.165, 1.54) is 0 Å². The van der Waals surface area contributed by atoms with Gasteiger partial charge < -0.3 is 15.5 Å². The number of hydrogen-bond acceptors (Lipinski definition) is 3. The molecule has 2 fully saturated rings. The number of aliphatic hydroxyl groups excluding tert-OH is 2. The first-order valence-electron chi connectivity index (χ1n) is 4.32. The van der Waals surface area contributed by atoms with Crippen molar-refractivity contribution in [3.63, 3.8) is 0 Å². The van der Waals surface area contributed by atoms with E-state index in [4.69, 9.17) is 5.11 Å². The largest absolute Gasteiger partial charge is 0.396 e. The van der Waals surface area contributed by atoms with Gasteiger partial charge in [-0.25, -0.2) is 0 Å². The first kappa shape index (κ1) is 7.53. The highest BCUT2D eigenvalue weighted by molar-refractivity contribution is 4.95. The van der Waals surface area contributed by atoms with Gasteiger partial charge in [0.05, 0.1) is 6.10 Å². The summed E-state index contributed by atoms with van der Waals surface area (Å²) in [4.78, 5) is 0. The molecule has 0 aromatic rings. The smallest absolute Gasteiger partial charge is 0.0633 e. The lowest BCUT2D eigenvalue weighted by molar-refractivity contribution is 0.0585. The molecule has 3 heteroatoms. The fourth-order valence-electron chi connectivity index (χ4n) is 2.48. The Bertz CT molecular complexity index is 149. The van der Waals surface area contributed by atoms with Gasteiger partial charge in [-0.15, -0.1) is 0 Å². The summed E-state index contributed by atoms with van der Waals surface area (Å²) >= 11 is 0. The number of aliphatic hydroxyl groups is 2. The van der Waals surface area contributed by atoms with Crippen molar-refractivity contribution in [2.45, 2.75) is 12.5 Å². The summed E-state index contributed by atoms with van der Waals surface area (Å²) in [5, 5.41) is 21.9. The van der Waals surface area contributed by atoms with E-state index in [-0.39, 0.29) is 18.6 Å². The molecule has 2 aliphatic rings. The molecule has 1 saturated heterocycles. The number of hydrogen-bond donors (Lipinski definition) is 3. The molecule has 0 aromatic heterocycles. The standard InChI is InChI=1S/C8H15NO2/c10-4-7-5-1-6(8(7)11)3-9-2-5/h5-11H,1-4H2/t5-,6+,7-,8-/m0/s1. The lowest BCUT2D eigenvalue weighted by Gasteiger charge is -2.20. The minimum atomic E-state index is -0.264. The van der Waals surface area contributed by atoms with Crippen LogP contribution in [0.1, 0.15) is 6.42 Å². The van der Waals surface area contributed by atoms with Crippen LogP contribution in [-0.2, 0) is 0 Å². The van der Waals surface area contributed by atoms with Crippen LogP contribution in [0.4, 0.5) is 0 Å². The van der Waals surface area contributed by atoms with Crippen molar-refractivity contribution >= 4 is 0 Å². The van der Waals surface area contributed by atoms with Crippen LogP contribution in [0, 0.1) is 17.8 Å². The fraction of sp³-hybridized carbons (Fsp3) is 1.00. The van der Waals surface area contributed by atoms with Crippen molar-refractivity contribution in [1.82, 2.24) is 5.32 Å². The summed E-state index contributed by atoms with van der Waals surface area (Å²) in [6, 6.07) is 0. The van der Waals surface area contributed by atoms with Gasteiger partial charge in [0.15, 0.2) is 0 Å². The monoisotopic (exact) mass is 157 g/mol. The van der Waals surface area contributed by atoms with Gasteiger partial charge >= 0.3 is 0 Å². The molecular weight excluding hydrogens is 142 g/mol. The molecule has 0 unspecified atom stereocenters. The van der Waals surface area contributed by atoms with Gasteiger partial charge in [-0.05, 0) is 24.8 Å². The predicted molar refractivity (Wildman–Crippen MR) is 41.0 cm³/mol. The molecule has 3 nitrogen and oxygen atoms in total. The first-order chi connectivity index (χ1) is 5.33. The molecule has 3 N–H and O–H groups in total. The number of fused-ring (bicyclic) bond motifs is 2. The Labute approximate surface area is 66.4 Å². The molecule has 0 aromatic carbocycles. The molecule has 1 saturated carbocycles. The minimum absolute atomic E-state index is 0.134. The zero-order chi connectivity index (χ0) is 7.84. The summed E-state index contributed by atoms with van der Waals surface area (Å²) in [6.07, 6.45) is 0.833. The van der Waals surface area contributed by atoms with Gasteiger partial charge in [-0.3, -0.25) is 0 Å². The topological polar surface area (TPSA) is 52.5 Å². The third-order valence-corrected chi connectivity index (χ3v) is 3.16. The molecule has 2 bridgehead atoms. The van der Waals surface area contributed by atoms with E-state index in [9.17, 15) is 5.11 Å². The van der Waals surface area contributed by atoms with Crippen LogP contribution in [0.25, 0.3) is 0 Å². The van der Waals surface area contributed by atoms with Crippen molar-refractivity contribution in [2.75, 3.05) is 19.7 Å². The van der Waals surface area contributed by atoms with Crippen LogP contribution in [0.3, 0.4) is 0 Å². The van der Waals surface area contributed by atoms with Crippen molar-refractivity contribution in [3.05, 3.63) is 0 Å². The van der Waals surface area contributed by atoms with Crippen LogP contribution in [0.2, 0.25) is 0 Å². The van der Waals surface area contributed by atoms with Crippen LogP contribution in [0.15, 0.2) is 0 Å². The Hall–Kier alpha value is -0.120. The lowest BCUT2D eigenvalue weighted by Crippen LogP contribution is -2.32. The van der Waals surface area contributed by atoms with Crippen molar-refractivity contribution in [1.29, 1.82) is 0 Å². The SMILES string of the molecule is OC[C@H]1[C@@H]2CNC[C@@H](C2)[C@@H]1O. The number of nitrogens with one attached hydrogen (secondary N) is 1. The van der Waals surface area contributed by atoms with E-state index in [0.29, 0.717) is 11.8 Å². The number of rotatable bonds is 1. The molecule has 64 valence electrons. The Morgan fingerprint density at radius 2 is 2.00 bits per heavy atom. The van der Waals surface area contributed by atoms with Gasteiger partial charge in [0.2, 0.25) is 0 Å². The van der Waals surface area contributed by atoms with Gasteiger partial charge in [0, 0.05) is 19.1 Å². The molecule has 0 amide bonds. The Morgan fingerprint density at radius 1 is 1.27 bits per heavy atom. The minimum Gasteiger partial charge on any atom is -0.396 e. The van der Waals surface area contributed by atoms with Crippen LogP contribution in [-0.4, -0.2) is 36.0 Å². The normalized spacial score (nSPS) is 49.6.